The van der Waals surface area contributed by atoms with Crippen LogP contribution in [0.4, 0.5) is 0 Å². The first kappa shape index (κ1) is 12.8. The van der Waals surface area contributed by atoms with Gasteiger partial charge in [0.1, 0.15) is 0 Å². The summed E-state index contributed by atoms with van der Waals surface area (Å²) in [7, 11) is 3.31. The maximum Gasteiger partial charge on any atom is 0.160 e. The van der Waals surface area contributed by atoms with Gasteiger partial charge in [0.2, 0.25) is 0 Å². The zero-order valence-electron chi connectivity index (χ0n) is 10.3. The molecule has 2 N–H and O–H groups in total. The van der Waals surface area contributed by atoms with Gasteiger partial charge in [-0.2, -0.15) is 0 Å². The zero-order valence-corrected chi connectivity index (χ0v) is 10.3. The molecule has 90 valence electrons. The van der Waals surface area contributed by atoms with Crippen LogP contribution in [0.1, 0.15) is 18.9 Å². The van der Waals surface area contributed by atoms with Gasteiger partial charge < -0.3 is 15.2 Å². The lowest BCUT2D eigenvalue weighted by Gasteiger charge is -2.12. The van der Waals surface area contributed by atoms with E-state index in [0.717, 1.165) is 30.9 Å². The third kappa shape index (κ3) is 3.42. The van der Waals surface area contributed by atoms with Crippen molar-refractivity contribution in [1.82, 2.24) is 0 Å². The molecular weight excluding hydrogens is 202 g/mol. The van der Waals surface area contributed by atoms with Gasteiger partial charge in [0.25, 0.3) is 0 Å². The molecule has 0 aliphatic rings. The average molecular weight is 223 g/mol. The molecule has 0 aliphatic heterocycles. The van der Waals surface area contributed by atoms with Crippen LogP contribution in [0.5, 0.6) is 11.5 Å². The zero-order chi connectivity index (χ0) is 12.0. The van der Waals surface area contributed by atoms with Crippen LogP contribution < -0.4 is 15.2 Å². The number of hydrogen-bond donors (Lipinski definition) is 1. The van der Waals surface area contributed by atoms with E-state index in [0.29, 0.717) is 5.92 Å². The monoisotopic (exact) mass is 223 g/mol. The summed E-state index contributed by atoms with van der Waals surface area (Å²) in [6, 6.07) is 6.06. The quantitative estimate of drug-likeness (QED) is 0.804. The molecule has 0 radical (unpaired) electrons. The molecule has 0 amide bonds. The van der Waals surface area contributed by atoms with Crippen molar-refractivity contribution >= 4 is 0 Å². The molecule has 3 heteroatoms. The standard InChI is InChI=1S/C13H21NO2/c1-10(6-7-14)8-11-4-5-12(15-2)13(9-11)16-3/h4-5,9-10H,6-8,14H2,1-3H3. The van der Waals surface area contributed by atoms with Crippen molar-refractivity contribution in [2.75, 3.05) is 20.8 Å². The topological polar surface area (TPSA) is 44.5 Å². The lowest BCUT2D eigenvalue weighted by molar-refractivity contribution is 0.354. The van der Waals surface area contributed by atoms with Crippen LogP contribution in [0.15, 0.2) is 18.2 Å². The van der Waals surface area contributed by atoms with Gasteiger partial charge in [-0.3, -0.25) is 0 Å². The third-order valence-electron chi connectivity index (χ3n) is 2.69. The van der Waals surface area contributed by atoms with Gasteiger partial charge in [-0.05, 0) is 43.0 Å². The van der Waals surface area contributed by atoms with E-state index in [-0.39, 0.29) is 0 Å². The van der Waals surface area contributed by atoms with Gasteiger partial charge in [-0.25, -0.2) is 0 Å². The predicted octanol–water partition coefficient (Wildman–Crippen LogP) is 2.23. The Labute approximate surface area is 97.6 Å². The van der Waals surface area contributed by atoms with Gasteiger partial charge in [-0.15, -0.1) is 0 Å². The molecule has 0 saturated carbocycles. The highest BCUT2D eigenvalue weighted by molar-refractivity contribution is 5.42. The molecule has 0 aromatic heterocycles. The van der Waals surface area contributed by atoms with Crippen LogP contribution in [-0.4, -0.2) is 20.8 Å². The Kier molecular flexibility index (Phi) is 5.12. The molecule has 16 heavy (non-hydrogen) atoms. The Bertz CT molecular complexity index is 326. The molecule has 1 rings (SSSR count). The summed E-state index contributed by atoms with van der Waals surface area (Å²) in [5.74, 6) is 2.17. The molecule has 1 aromatic rings. The lowest BCUT2D eigenvalue weighted by atomic mass is 9.98. The Morgan fingerprint density at radius 3 is 2.44 bits per heavy atom. The second-order valence-electron chi connectivity index (χ2n) is 4.08. The molecule has 0 fully saturated rings. The van der Waals surface area contributed by atoms with E-state index in [1.54, 1.807) is 14.2 Å². The summed E-state index contributed by atoms with van der Waals surface area (Å²) >= 11 is 0. The Morgan fingerprint density at radius 2 is 1.88 bits per heavy atom. The van der Waals surface area contributed by atoms with Crippen molar-refractivity contribution in [1.29, 1.82) is 0 Å². The van der Waals surface area contributed by atoms with Crippen LogP contribution >= 0.6 is 0 Å². The molecule has 3 nitrogen and oxygen atoms in total. The summed E-state index contributed by atoms with van der Waals surface area (Å²) in [5.41, 5.74) is 6.80. The predicted molar refractivity (Wildman–Crippen MR) is 66.1 cm³/mol. The molecular formula is C13H21NO2. The van der Waals surface area contributed by atoms with Crippen molar-refractivity contribution in [3.05, 3.63) is 23.8 Å². The highest BCUT2D eigenvalue weighted by Gasteiger charge is 2.07. The minimum atomic E-state index is 0.600. The molecule has 0 aliphatic carbocycles. The second kappa shape index (κ2) is 6.38. The number of ether oxygens (including phenoxy) is 2. The largest absolute Gasteiger partial charge is 0.493 e. The first-order valence-electron chi connectivity index (χ1n) is 5.62. The molecule has 1 aromatic carbocycles. The maximum atomic E-state index is 5.54. The summed E-state index contributed by atoms with van der Waals surface area (Å²) in [4.78, 5) is 0. The summed E-state index contributed by atoms with van der Waals surface area (Å²) in [6.07, 6.45) is 2.08. The number of methoxy groups -OCH3 is 2. The number of rotatable bonds is 6. The molecule has 0 bridgehead atoms. The van der Waals surface area contributed by atoms with Crippen LogP contribution in [0.2, 0.25) is 0 Å². The van der Waals surface area contributed by atoms with Crippen LogP contribution in [0.25, 0.3) is 0 Å². The molecule has 1 unspecified atom stereocenters. The van der Waals surface area contributed by atoms with Gasteiger partial charge in [0.15, 0.2) is 11.5 Å². The number of hydrogen-bond acceptors (Lipinski definition) is 3. The van der Waals surface area contributed by atoms with E-state index < -0.39 is 0 Å². The van der Waals surface area contributed by atoms with Crippen molar-refractivity contribution in [3.63, 3.8) is 0 Å². The molecule has 1 atom stereocenters. The van der Waals surface area contributed by atoms with Crippen molar-refractivity contribution in [2.24, 2.45) is 11.7 Å². The SMILES string of the molecule is COc1ccc(CC(C)CCN)cc1OC. The van der Waals surface area contributed by atoms with E-state index in [4.69, 9.17) is 15.2 Å². The first-order chi connectivity index (χ1) is 7.71. The lowest BCUT2D eigenvalue weighted by Crippen LogP contribution is -2.08. The van der Waals surface area contributed by atoms with Crippen molar-refractivity contribution < 1.29 is 9.47 Å². The Balaban J connectivity index is 2.74. The van der Waals surface area contributed by atoms with Gasteiger partial charge in [-0.1, -0.05) is 13.0 Å². The van der Waals surface area contributed by atoms with E-state index in [1.807, 2.05) is 12.1 Å². The first-order valence-corrected chi connectivity index (χ1v) is 5.62. The summed E-state index contributed by atoms with van der Waals surface area (Å²) < 4.78 is 10.5. The smallest absolute Gasteiger partial charge is 0.160 e. The van der Waals surface area contributed by atoms with Crippen LogP contribution in [0, 0.1) is 5.92 Å². The average Bonchev–Trinajstić information content (AvgIpc) is 2.29. The summed E-state index contributed by atoms with van der Waals surface area (Å²) in [6.45, 7) is 2.96. The third-order valence-corrected chi connectivity index (χ3v) is 2.69. The van der Waals surface area contributed by atoms with E-state index in [2.05, 4.69) is 13.0 Å². The fraction of sp³-hybridized carbons (Fsp3) is 0.538. The minimum Gasteiger partial charge on any atom is -0.493 e. The number of benzene rings is 1. The maximum absolute atomic E-state index is 5.54. The van der Waals surface area contributed by atoms with Gasteiger partial charge in [0.05, 0.1) is 14.2 Å². The van der Waals surface area contributed by atoms with E-state index >= 15 is 0 Å². The number of nitrogens with two attached hydrogens (primary N) is 1. The summed E-state index contributed by atoms with van der Waals surface area (Å²) in [5, 5.41) is 0. The molecule has 0 heterocycles. The van der Waals surface area contributed by atoms with Gasteiger partial charge >= 0.3 is 0 Å². The normalized spacial score (nSPS) is 12.2. The fourth-order valence-corrected chi connectivity index (χ4v) is 1.80. The molecule has 0 spiro atoms. The van der Waals surface area contributed by atoms with Crippen LogP contribution in [-0.2, 0) is 6.42 Å². The second-order valence-corrected chi connectivity index (χ2v) is 4.08. The molecule has 0 saturated heterocycles. The van der Waals surface area contributed by atoms with Crippen molar-refractivity contribution in [2.45, 2.75) is 19.8 Å². The van der Waals surface area contributed by atoms with Crippen molar-refractivity contribution in [3.8, 4) is 11.5 Å². The van der Waals surface area contributed by atoms with Crippen LogP contribution in [0.3, 0.4) is 0 Å². The van der Waals surface area contributed by atoms with E-state index in [1.165, 1.54) is 5.56 Å². The highest BCUT2D eigenvalue weighted by Crippen LogP contribution is 2.28. The van der Waals surface area contributed by atoms with E-state index in [9.17, 15) is 0 Å². The fourth-order valence-electron chi connectivity index (χ4n) is 1.80. The minimum absolute atomic E-state index is 0.600. The highest BCUT2D eigenvalue weighted by atomic mass is 16.5. The Hall–Kier alpha value is -1.22. The van der Waals surface area contributed by atoms with Gasteiger partial charge in [0, 0.05) is 0 Å². The Morgan fingerprint density at radius 1 is 1.19 bits per heavy atom.